The highest BCUT2D eigenvalue weighted by atomic mass is 32.1. The van der Waals surface area contributed by atoms with Gasteiger partial charge in [-0.05, 0) is 24.3 Å². The van der Waals surface area contributed by atoms with E-state index in [0.29, 0.717) is 10.9 Å². The predicted molar refractivity (Wildman–Crippen MR) is 81.3 cm³/mol. The molecule has 0 bridgehead atoms. The zero-order valence-corrected chi connectivity index (χ0v) is 13.0. The van der Waals surface area contributed by atoms with Crippen LogP contribution in [0.25, 0.3) is 0 Å². The number of carbonyl (C=O) groups excluding carboxylic acids is 1. The summed E-state index contributed by atoms with van der Waals surface area (Å²) in [4.78, 5) is 16.1. The lowest BCUT2D eigenvalue weighted by molar-refractivity contribution is -0.118. The number of amides is 1. The molecule has 0 aliphatic heterocycles. The number of ether oxygens (including phenoxy) is 1. The van der Waals surface area contributed by atoms with E-state index in [2.05, 4.69) is 31.1 Å². The highest BCUT2D eigenvalue weighted by Gasteiger charge is 2.18. The molecule has 0 saturated carbocycles. The van der Waals surface area contributed by atoms with Crippen LogP contribution in [-0.2, 0) is 10.2 Å². The number of aromatic nitrogens is 1. The molecule has 0 radical (unpaired) electrons. The quantitative estimate of drug-likeness (QED) is 0.939. The van der Waals surface area contributed by atoms with Crippen LogP contribution in [-0.4, -0.2) is 17.5 Å². The molecule has 21 heavy (non-hydrogen) atoms. The van der Waals surface area contributed by atoms with Gasteiger partial charge >= 0.3 is 0 Å². The Kier molecular flexibility index (Phi) is 4.57. The minimum absolute atomic E-state index is 0.0515. The van der Waals surface area contributed by atoms with Crippen molar-refractivity contribution in [2.45, 2.75) is 26.2 Å². The number of nitrogens with one attached hydrogen (secondary N) is 1. The lowest BCUT2D eigenvalue weighted by Gasteiger charge is -2.14. The van der Waals surface area contributed by atoms with Crippen molar-refractivity contribution in [3.05, 3.63) is 41.2 Å². The summed E-state index contributed by atoms with van der Waals surface area (Å²) in [5.74, 6) is -0.195. The topological polar surface area (TPSA) is 51.2 Å². The summed E-state index contributed by atoms with van der Waals surface area (Å²) < 4.78 is 18.0. The Morgan fingerprint density at radius 2 is 2.00 bits per heavy atom. The summed E-state index contributed by atoms with van der Waals surface area (Å²) in [6.45, 7) is 6.04. The molecule has 0 unspecified atom stereocenters. The maximum Gasteiger partial charge on any atom is 0.264 e. The second-order valence-electron chi connectivity index (χ2n) is 5.58. The average Bonchev–Trinajstić information content (AvgIpc) is 2.86. The molecular formula is C15H17FN2O2S. The normalized spacial score (nSPS) is 11.2. The largest absolute Gasteiger partial charge is 0.484 e. The van der Waals surface area contributed by atoms with Crippen molar-refractivity contribution < 1.29 is 13.9 Å². The smallest absolute Gasteiger partial charge is 0.264 e. The first-order valence-corrected chi connectivity index (χ1v) is 7.37. The third-order valence-corrected chi connectivity index (χ3v) is 3.46. The SMILES string of the molecule is CC(C)(C)c1csc(NC(=O)COc2ccc(F)cc2)n1. The van der Waals surface area contributed by atoms with Crippen LogP contribution in [0.4, 0.5) is 9.52 Å². The maximum atomic E-state index is 12.7. The molecular weight excluding hydrogens is 291 g/mol. The Morgan fingerprint density at radius 1 is 1.33 bits per heavy atom. The van der Waals surface area contributed by atoms with E-state index in [9.17, 15) is 9.18 Å². The second-order valence-corrected chi connectivity index (χ2v) is 6.44. The molecule has 2 aromatic rings. The molecule has 112 valence electrons. The van der Waals surface area contributed by atoms with E-state index < -0.39 is 0 Å². The van der Waals surface area contributed by atoms with Crippen molar-refractivity contribution in [1.29, 1.82) is 0 Å². The van der Waals surface area contributed by atoms with E-state index in [-0.39, 0.29) is 23.7 Å². The molecule has 0 aliphatic rings. The number of anilines is 1. The first kappa shape index (κ1) is 15.4. The van der Waals surface area contributed by atoms with Crippen molar-refractivity contribution in [2.75, 3.05) is 11.9 Å². The summed E-state index contributed by atoms with van der Waals surface area (Å²) in [6.07, 6.45) is 0. The summed E-state index contributed by atoms with van der Waals surface area (Å²) in [5.41, 5.74) is 0.881. The van der Waals surface area contributed by atoms with Gasteiger partial charge in [0.2, 0.25) is 0 Å². The summed E-state index contributed by atoms with van der Waals surface area (Å²) in [6, 6.07) is 5.51. The van der Waals surface area contributed by atoms with Gasteiger partial charge in [-0.25, -0.2) is 9.37 Å². The van der Waals surface area contributed by atoms with Crippen LogP contribution in [0, 0.1) is 5.82 Å². The van der Waals surface area contributed by atoms with Crippen molar-refractivity contribution in [3.8, 4) is 5.75 Å². The van der Waals surface area contributed by atoms with Gasteiger partial charge in [-0.3, -0.25) is 10.1 Å². The number of hydrogen-bond donors (Lipinski definition) is 1. The Morgan fingerprint density at radius 3 is 2.57 bits per heavy atom. The van der Waals surface area contributed by atoms with Crippen LogP contribution in [0.1, 0.15) is 26.5 Å². The van der Waals surface area contributed by atoms with Gasteiger partial charge < -0.3 is 4.74 Å². The van der Waals surface area contributed by atoms with Crippen LogP contribution in [0.15, 0.2) is 29.6 Å². The van der Waals surface area contributed by atoms with E-state index in [1.54, 1.807) is 0 Å². The van der Waals surface area contributed by atoms with Crippen molar-refractivity contribution in [1.82, 2.24) is 4.98 Å². The molecule has 6 heteroatoms. The summed E-state index contributed by atoms with van der Waals surface area (Å²) in [7, 11) is 0. The van der Waals surface area contributed by atoms with Crippen molar-refractivity contribution in [3.63, 3.8) is 0 Å². The number of halogens is 1. The third kappa shape index (κ3) is 4.53. The third-order valence-electron chi connectivity index (χ3n) is 2.70. The number of rotatable bonds is 4. The lowest BCUT2D eigenvalue weighted by atomic mass is 9.93. The van der Waals surface area contributed by atoms with Gasteiger partial charge in [0.05, 0.1) is 5.69 Å². The van der Waals surface area contributed by atoms with Crippen LogP contribution < -0.4 is 10.1 Å². The number of benzene rings is 1. The summed E-state index contributed by atoms with van der Waals surface area (Å²) in [5, 5.41) is 5.16. The Balaban J connectivity index is 1.87. The Labute approximate surface area is 127 Å². The van der Waals surface area contributed by atoms with E-state index in [0.717, 1.165) is 5.69 Å². The standard InChI is InChI=1S/C15H17FN2O2S/c1-15(2,3)12-9-21-14(17-12)18-13(19)8-20-11-6-4-10(16)5-7-11/h4-7,9H,8H2,1-3H3,(H,17,18,19). The van der Waals surface area contributed by atoms with E-state index in [1.807, 2.05) is 5.38 Å². The molecule has 1 aromatic carbocycles. The first-order chi connectivity index (χ1) is 9.84. The van der Waals surface area contributed by atoms with Crippen molar-refractivity contribution >= 4 is 22.4 Å². The second kappa shape index (κ2) is 6.22. The molecule has 0 saturated heterocycles. The molecule has 4 nitrogen and oxygen atoms in total. The van der Waals surface area contributed by atoms with Gasteiger partial charge in [-0.15, -0.1) is 11.3 Å². The zero-order valence-electron chi connectivity index (χ0n) is 12.1. The molecule has 0 fully saturated rings. The van der Waals surface area contributed by atoms with Crippen molar-refractivity contribution in [2.24, 2.45) is 0 Å². The van der Waals surface area contributed by atoms with E-state index in [1.165, 1.54) is 35.6 Å². The van der Waals surface area contributed by atoms with Gasteiger partial charge in [-0.1, -0.05) is 20.8 Å². The highest BCUT2D eigenvalue weighted by molar-refractivity contribution is 7.13. The van der Waals surface area contributed by atoms with Crippen LogP contribution in [0.3, 0.4) is 0 Å². The first-order valence-electron chi connectivity index (χ1n) is 6.49. The lowest BCUT2D eigenvalue weighted by Crippen LogP contribution is -2.20. The Hall–Kier alpha value is -1.95. The fraction of sp³-hybridized carbons (Fsp3) is 0.333. The number of carbonyl (C=O) groups is 1. The van der Waals surface area contributed by atoms with Gasteiger partial charge in [0, 0.05) is 10.8 Å². The number of nitrogens with zero attached hydrogens (tertiary/aromatic N) is 1. The van der Waals surface area contributed by atoms with Crippen LogP contribution in [0.2, 0.25) is 0 Å². The maximum absolute atomic E-state index is 12.7. The van der Waals surface area contributed by atoms with Gasteiger partial charge in [0.1, 0.15) is 11.6 Å². The molecule has 0 atom stereocenters. The van der Waals surface area contributed by atoms with Crippen LogP contribution >= 0.6 is 11.3 Å². The highest BCUT2D eigenvalue weighted by Crippen LogP contribution is 2.26. The monoisotopic (exact) mass is 308 g/mol. The number of hydrogen-bond acceptors (Lipinski definition) is 4. The van der Waals surface area contributed by atoms with Gasteiger partial charge in [0.25, 0.3) is 5.91 Å². The average molecular weight is 308 g/mol. The molecule has 1 heterocycles. The molecule has 1 amide bonds. The molecule has 2 rings (SSSR count). The van der Waals surface area contributed by atoms with E-state index >= 15 is 0 Å². The fourth-order valence-corrected chi connectivity index (χ4v) is 2.46. The molecule has 1 aromatic heterocycles. The van der Waals surface area contributed by atoms with Crippen LogP contribution in [0.5, 0.6) is 5.75 Å². The predicted octanol–water partition coefficient (Wildman–Crippen LogP) is 3.60. The number of thiazole rings is 1. The van der Waals surface area contributed by atoms with Gasteiger partial charge in [-0.2, -0.15) is 0 Å². The molecule has 1 N–H and O–H groups in total. The molecule has 0 spiro atoms. The van der Waals surface area contributed by atoms with E-state index in [4.69, 9.17) is 4.74 Å². The minimum Gasteiger partial charge on any atom is -0.484 e. The summed E-state index contributed by atoms with van der Waals surface area (Å²) >= 11 is 1.38. The zero-order chi connectivity index (χ0) is 15.5. The Bertz CT molecular complexity index is 617. The fourth-order valence-electron chi connectivity index (χ4n) is 1.51. The molecule has 0 aliphatic carbocycles. The minimum atomic E-state index is -0.343. The van der Waals surface area contributed by atoms with Gasteiger partial charge in [0.15, 0.2) is 11.7 Å².